The summed E-state index contributed by atoms with van der Waals surface area (Å²) >= 11 is 0. The van der Waals surface area contributed by atoms with Crippen LogP contribution in [0.2, 0.25) is 0 Å². The third-order valence-corrected chi connectivity index (χ3v) is 9.72. The lowest BCUT2D eigenvalue weighted by atomic mass is 9.93. The summed E-state index contributed by atoms with van der Waals surface area (Å²) in [6.45, 7) is 1.55. The van der Waals surface area contributed by atoms with E-state index in [-0.39, 0.29) is 11.7 Å². The third-order valence-electron chi connectivity index (χ3n) is 9.72. The molecule has 0 radical (unpaired) electrons. The summed E-state index contributed by atoms with van der Waals surface area (Å²) in [6.07, 6.45) is 17.2. The van der Waals surface area contributed by atoms with Gasteiger partial charge in [-0.25, -0.2) is 4.98 Å². The number of imidazole rings is 1. The van der Waals surface area contributed by atoms with Crippen LogP contribution in [0.5, 0.6) is 0 Å². The Kier molecular flexibility index (Phi) is 7.15. The fourth-order valence-corrected chi connectivity index (χ4v) is 7.59. The highest BCUT2D eigenvalue weighted by atomic mass is 16.2. The molecular formula is C36H38N6O2. The molecule has 2 saturated carbocycles. The molecule has 2 aromatic carbocycles. The number of nitrogens with zero attached hydrogens (tertiary/aromatic N) is 5. The first kappa shape index (κ1) is 28.2. The highest BCUT2D eigenvalue weighted by molar-refractivity contribution is 6.01. The van der Waals surface area contributed by atoms with E-state index in [4.69, 9.17) is 4.98 Å². The topological polar surface area (TPSA) is 94.7 Å². The van der Waals surface area contributed by atoms with Gasteiger partial charge < -0.3 is 14.5 Å². The number of hydrogen-bond acceptors (Lipinski definition) is 5. The van der Waals surface area contributed by atoms with Gasteiger partial charge in [0.05, 0.1) is 28.5 Å². The van der Waals surface area contributed by atoms with Crippen molar-refractivity contribution in [1.82, 2.24) is 29.4 Å². The van der Waals surface area contributed by atoms with Gasteiger partial charge in [0.2, 0.25) is 0 Å². The predicted octanol–water partition coefficient (Wildman–Crippen LogP) is 6.98. The molecule has 3 heterocycles. The van der Waals surface area contributed by atoms with Gasteiger partial charge in [-0.05, 0) is 80.0 Å². The van der Waals surface area contributed by atoms with Crippen LogP contribution in [0.3, 0.4) is 0 Å². The van der Waals surface area contributed by atoms with Crippen molar-refractivity contribution in [2.24, 2.45) is 14.1 Å². The van der Waals surface area contributed by atoms with E-state index in [0.29, 0.717) is 11.5 Å². The molecule has 5 aromatic rings. The average Bonchev–Trinajstić information content (AvgIpc) is 3.84. The molecule has 8 nitrogen and oxygen atoms in total. The van der Waals surface area contributed by atoms with Crippen LogP contribution in [0.25, 0.3) is 39.4 Å². The summed E-state index contributed by atoms with van der Waals surface area (Å²) in [4.78, 5) is 39.6. The molecule has 1 N–H and O–H groups in total. The van der Waals surface area contributed by atoms with Crippen LogP contribution in [-0.4, -0.2) is 35.8 Å². The summed E-state index contributed by atoms with van der Waals surface area (Å²) in [5, 5.41) is 4.65. The molecule has 0 aliphatic heterocycles. The Morgan fingerprint density at radius 3 is 2.48 bits per heavy atom. The number of carbonyl (C=O) groups is 2. The molecule has 2 fully saturated rings. The first-order valence-corrected chi connectivity index (χ1v) is 15.7. The van der Waals surface area contributed by atoms with Gasteiger partial charge in [-0.2, -0.15) is 0 Å². The largest absolute Gasteiger partial charge is 0.342 e. The Morgan fingerprint density at radius 2 is 1.75 bits per heavy atom. The molecule has 0 bridgehead atoms. The summed E-state index contributed by atoms with van der Waals surface area (Å²) in [5.41, 5.74) is 7.23. The van der Waals surface area contributed by atoms with E-state index >= 15 is 0 Å². The van der Waals surface area contributed by atoms with Crippen molar-refractivity contribution in [2.45, 2.75) is 69.7 Å². The smallest absolute Gasteiger partial charge is 0.252 e. The zero-order valence-corrected chi connectivity index (χ0v) is 25.6. The minimum absolute atomic E-state index is 0.0108. The van der Waals surface area contributed by atoms with Crippen LogP contribution < -0.4 is 5.32 Å². The number of ketones is 1. The predicted molar refractivity (Wildman–Crippen MR) is 173 cm³/mol. The number of carbonyl (C=O) groups excluding carboxylic acids is 2. The molecule has 0 saturated heterocycles. The van der Waals surface area contributed by atoms with Gasteiger partial charge >= 0.3 is 0 Å². The number of aromatic nitrogens is 5. The molecule has 8 heteroatoms. The van der Waals surface area contributed by atoms with E-state index < -0.39 is 5.54 Å². The number of hydrogen-bond donors (Lipinski definition) is 1. The van der Waals surface area contributed by atoms with Gasteiger partial charge in [0, 0.05) is 43.0 Å². The number of aryl methyl sites for hydroxylation is 2. The second-order valence-electron chi connectivity index (χ2n) is 12.6. The summed E-state index contributed by atoms with van der Waals surface area (Å²) in [5.74, 6) is 1.28. The Morgan fingerprint density at radius 1 is 0.955 bits per heavy atom. The van der Waals surface area contributed by atoms with Crippen molar-refractivity contribution in [1.29, 1.82) is 0 Å². The number of benzene rings is 2. The zero-order chi connectivity index (χ0) is 30.4. The quantitative estimate of drug-likeness (QED) is 0.208. The molecule has 0 unspecified atom stereocenters. The van der Waals surface area contributed by atoms with Crippen molar-refractivity contribution in [3.8, 4) is 11.4 Å². The van der Waals surface area contributed by atoms with Crippen LogP contribution in [0.1, 0.15) is 91.5 Å². The summed E-state index contributed by atoms with van der Waals surface area (Å²) < 4.78 is 4.30. The van der Waals surface area contributed by atoms with Crippen molar-refractivity contribution >= 4 is 39.7 Å². The van der Waals surface area contributed by atoms with E-state index in [1.807, 2.05) is 43.6 Å². The van der Waals surface area contributed by atoms with Gasteiger partial charge in [-0.1, -0.05) is 43.9 Å². The number of amides is 1. The zero-order valence-electron chi connectivity index (χ0n) is 25.6. The molecule has 3 aromatic heterocycles. The van der Waals surface area contributed by atoms with Crippen LogP contribution in [0, 0.1) is 0 Å². The van der Waals surface area contributed by atoms with Gasteiger partial charge in [0.15, 0.2) is 5.78 Å². The fraction of sp³-hybridized carbons (Fsp3) is 0.361. The molecule has 0 atom stereocenters. The second kappa shape index (κ2) is 11.2. The van der Waals surface area contributed by atoms with E-state index in [2.05, 4.69) is 43.6 Å². The Labute approximate surface area is 257 Å². The molecule has 0 spiro atoms. The van der Waals surface area contributed by atoms with Crippen LogP contribution >= 0.6 is 0 Å². The highest BCUT2D eigenvalue weighted by Crippen LogP contribution is 2.44. The van der Waals surface area contributed by atoms with Gasteiger partial charge in [-0.3, -0.25) is 19.6 Å². The molecule has 224 valence electrons. The molecule has 7 rings (SSSR count). The fourth-order valence-electron chi connectivity index (χ4n) is 7.59. The maximum atomic E-state index is 14.1. The molecule has 44 heavy (non-hydrogen) atoms. The van der Waals surface area contributed by atoms with E-state index in [9.17, 15) is 9.59 Å². The van der Waals surface area contributed by atoms with Crippen LogP contribution in [0.4, 0.5) is 0 Å². The Bertz CT molecular complexity index is 1920. The standard InChI is InChI=1S/C36H38N6O2/c1-23(43)10-11-24-12-15-28-31(20-24)42(3)35(39-28)36(16-6-7-17-36)40-34(44)26-13-14-27-30(21-26)41(2)33(29-22-37-18-19-38-29)32(27)25-8-4-5-9-25/h10-15,18-22,25H,4-9,16-17H2,1-3H3,(H,40,44)/b11-10+. The number of allylic oxidation sites excluding steroid dienone is 1. The minimum atomic E-state index is -0.552. The summed E-state index contributed by atoms with van der Waals surface area (Å²) in [7, 11) is 4.09. The van der Waals surface area contributed by atoms with Crippen molar-refractivity contribution in [2.75, 3.05) is 0 Å². The van der Waals surface area contributed by atoms with Crippen molar-refractivity contribution in [3.63, 3.8) is 0 Å². The van der Waals surface area contributed by atoms with Gasteiger partial charge in [-0.15, -0.1) is 0 Å². The third kappa shape index (κ3) is 4.82. The van der Waals surface area contributed by atoms with Crippen molar-refractivity contribution in [3.05, 3.63) is 83.6 Å². The number of fused-ring (bicyclic) bond motifs is 2. The number of rotatable bonds is 7. The van der Waals surface area contributed by atoms with Gasteiger partial charge in [0.1, 0.15) is 11.5 Å². The SMILES string of the molecule is CC(=O)/C=C/c1ccc2nc(C3(NC(=O)c4ccc5c(C6CCCC6)c(-c6cnccn6)n(C)c5c4)CCCC3)n(C)c2c1. The first-order chi connectivity index (χ1) is 21.3. The molecule has 2 aliphatic carbocycles. The maximum absolute atomic E-state index is 14.1. The van der Waals surface area contributed by atoms with Crippen molar-refractivity contribution < 1.29 is 9.59 Å². The molecule has 1 amide bonds. The first-order valence-electron chi connectivity index (χ1n) is 15.7. The second-order valence-corrected chi connectivity index (χ2v) is 12.6. The number of nitrogens with one attached hydrogen (secondary N) is 1. The van der Waals surface area contributed by atoms with Crippen LogP contribution in [0.15, 0.2) is 61.1 Å². The average molecular weight is 587 g/mol. The van der Waals surface area contributed by atoms with E-state index in [1.165, 1.54) is 36.6 Å². The Balaban J connectivity index is 1.26. The monoisotopic (exact) mass is 586 g/mol. The highest BCUT2D eigenvalue weighted by Gasteiger charge is 2.41. The lowest BCUT2D eigenvalue weighted by molar-refractivity contribution is -0.112. The Hall–Kier alpha value is -4.59. The minimum Gasteiger partial charge on any atom is -0.342 e. The van der Waals surface area contributed by atoms with Gasteiger partial charge in [0.25, 0.3) is 5.91 Å². The molecular weight excluding hydrogens is 548 g/mol. The van der Waals surface area contributed by atoms with E-state index in [0.717, 1.165) is 65.0 Å². The lowest BCUT2D eigenvalue weighted by Crippen LogP contribution is -2.45. The normalized spacial score (nSPS) is 16.9. The summed E-state index contributed by atoms with van der Waals surface area (Å²) in [6, 6.07) is 12.2. The van der Waals surface area contributed by atoms with E-state index in [1.54, 1.807) is 25.4 Å². The lowest BCUT2D eigenvalue weighted by Gasteiger charge is -2.30. The van der Waals surface area contributed by atoms with Crippen LogP contribution in [-0.2, 0) is 24.4 Å². The maximum Gasteiger partial charge on any atom is 0.252 e. The molecule has 2 aliphatic rings.